The highest BCUT2D eigenvalue weighted by Crippen LogP contribution is 2.49. The van der Waals surface area contributed by atoms with Crippen LogP contribution < -0.4 is 4.74 Å². The molecule has 2 aromatic carbocycles. The fourth-order valence-corrected chi connectivity index (χ4v) is 3.21. The highest BCUT2D eigenvalue weighted by molar-refractivity contribution is 5.82. The van der Waals surface area contributed by atoms with Gasteiger partial charge in [-0.2, -0.15) is 0 Å². The number of phenols is 1. The van der Waals surface area contributed by atoms with Gasteiger partial charge in [-0.1, -0.05) is 23.8 Å². The van der Waals surface area contributed by atoms with E-state index in [0.717, 1.165) is 34.4 Å². The summed E-state index contributed by atoms with van der Waals surface area (Å²) in [5.74, 6) is 1.02. The van der Waals surface area contributed by atoms with E-state index in [9.17, 15) is 5.11 Å². The molecule has 0 saturated heterocycles. The van der Waals surface area contributed by atoms with Gasteiger partial charge in [0.2, 0.25) is 0 Å². The molecule has 3 nitrogen and oxygen atoms in total. The smallest absolute Gasteiger partial charge is 0.132 e. The molecule has 122 valence electrons. The Labute approximate surface area is 137 Å². The Balaban J connectivity index is 2.09. The van der Waals surface area contributed by atoms with Crippen molar-refractivity contribution in [3.8, 4) is 22.6 Å². The topological polar surface area (TPSA) is 38.7 Å². The molecule has 0 aromatic heterocycles. The van der Waals surface area contributed by atoms with Gasteiger partial charge in [0.15, 0.2) is 0 Å². The van der Waals surface area contributed by atoms with Crippen molar-refractivity contribution in [2.24, 2.45) is 0 Å². The Morgan fingerprint density at radius 3 is 2.70 bits per heavy atom. The second-order valence-corrected chi connectivity index (χ2v) is 6.60. The summed E-state index contributed by atoms with van der Waals surface area (Å²) in [6.45, 7) is 9.52. The minimum atomic E-state index is -0.416. The number of aromatic hydroxyl groups is 1. The number of benzene rings is 2. The Morgan fingerprint density at radius 1 is 1.17 bits per heavy atom. The average Bonchev–Trinajstić information content (AvgIpc) is 2.46. The molecule has 23 heavy (non-hydrogen) atoms. The van der Waals surface area contributed by atoms with Crippen LogP contribution in [0.1, 0.15) is 37.5 Å². The zero-order valence-corrected chi connectivity index (χ0v) is 14.3. The summed E-state index contributed by atoms with van der Waals surface area (Å²) in [6.07, 6.45) is 0.763. The maximum Gasteiger partial charge on any atom is 0.132 e. The van der Waals surface area contributed by atoms with E-state index >= 15 is 0 Å². The third-order valence-electron chi connectivity index (χ3n) is 4.34. The Bertz CT molecular complexity index is 732. The van der Waals surface area contributed by atoms with E-state index in [0.29, 0.717) is 13.2 Å². The first-order valence-electron chi connectivity index (χ1n) is 8.16. The van der Waals surface area contributed by atoms with Crippen LogP contribution in [0.4, 0.5) is 0 Å². The van der Waals surface area contributed by atoms with Crippen molar-refractivity contribution in [1.82, 2.24) is 0 Å². The fraction of sp³-hybridized carbons (Fsp3) is 0.400. The lowest BCUT2D eigenvalue weighted by molar-refractivity contribution is 0.105. The number of rotatable bonds is 4. The lowest BCUT2D eigenvalue weighted by atomic mass is 9.84. The number of fused-ring (bicyclic) bond motifs is 3. The number of hydrogen-bond acceptors (Lipinski definition) is 3. The minimum absolute atomic E-state index is 0.274. The van der Waals surface area contributed by atoms with E-state index in [1.165, 1.54) is 5.56 Å². The number of phenolic OH excluding ortho intramolecular Hbond substituents is 1. The summed E-state index contributed by atoms with van der Waals surface area (Å²) in [6, 6.07) is 10.2. The van der Waals surface area contributed by atoms with Crippen LogP contribution in [-0.4, -0.2) is 18.3 Å². The first kappa shape index (κ1) is 15.9. The monoisotopic (exact) mass is 312 g/mol. The number of ether oxygens (including phenoxy) is 2. The van der Waals surface area contributed by atoms with Crippen molar-refractivity contribution in [2.45, 2.75) is 39.7 Å². The summed E-state index contributed by atoms with van der Waals surface area (Å²) >= 11 is 0. The third-order valence-corrected chi connectivity index (χ3v) is 4.34. The zero-order chi connectivity index (χ0) is 16.6. The minimum Gasteiger partial charge on any atom is -0.507 e. The van der Waals surface area contributed by atoms with Crippen LogP contribution in [-0.2, 0) is 16.8 Å². The standard InChI is InChI=1S/C20H24O3/c1-5-22-9-8-14-11-17(21)19-15-10-13(2)6-7-16(15)20(3,4)23-18(19)12-14/h6-7,10-12,21H,5,8-9H2,1-4H3. The SMILES string of the molecule is CCOCCc1cc(O)c2c(c1)OC(C)(C)c1ccc(C)cc1-2. The largest absolute Gasteiger partial charge is 0.507 e. The fourth-order valence-electron chi connectivity index (χ4n) is 3.21. The first-order valence-corrected chi connectivity index (χ1v) is 8.16. The summed E-state index contributed by atoms with van der Waals surface area (Å²) in [4.78, 5) is 0. The molecule has 0 bridgehead atoms. The van der Waals surface area contributed by atoms with Gasteiger partial charge in [-0.15, -0.1) is 0 Å². The molecule has 1 heterocycles. The predicted octanol–water partition coefficient (Wildman–Crippen LogP) is 4.57. The summed E-state index contributed by atoms with van der Waals surface area (Å²) < 4.78 is 11.6. The van der Waals surface area contributed by atoms with Gasteiger partial charge in [-0.3, -0.25) is 0 Å². The van der Waals surface area contributed by atoms with E-state index in [-0.39, 0.29) is 5.75 Å². The van der Waals surface area contributed by atoms with Gasteiger partial charge in [-0.25, -0.2) is 0 Å². The summed E-state index contributed by atoms with van der Waals surface area (Å²) in [7, 11) is 0. The van der Waals surface area contributed by atoms with Crippen molar-refractivity contribution in [3.63, 3.8) is 0 Å². The van der Waals surface area contributed by atoms with Crippen LogP contribution in [0.2, 0.25) is 0 Å². The van der Waals surface area contributed by atoms with Crippen LogP contribution in [0.15, 0.2) is 30.3 Å². The van der Waals surface area contributed by atoms with Crippen molar-refractivity contribution in [3.05, 3.63) is 47.0 Å². The normalized spacial score (nSPS) is 14.8. The predicted molar refractivity (Wildman–Crippen MR) is 92.1 cm³/mol. The molecule has 3 heteroatoms. The van der Waals surface area contributed by atoms with E-state index in [4.69, 9.17) is 9.47 Å². The van der Waals surface area contributed by atoms with Crippen LogP contribution in [0, 0.1) is 6.92 Å². The zero-order valence-electron chi connectivity index (χ0n) is 14.3. The molecule has 0 spiro atoms. The molecule has 0 fully saturated rings. The summed E-state index contributed by atoms with van der Waals surface area (Å²) in [5, 5.41) is 10.6. The maximum absolute atomic E-state index is 10.6. The van der Waals surface area contributed by atoms with E-state index in [1.54, 1.807) is 0 Å². The Kier molecular flexibility index (Phi) is 4.07. The Hall–Kier alpha value is -2.00. The molecule has 0 radical (unpaired) electrons. The van der Waals surface area contributed by atoms with Gasteiger partial charge in [-0.05, 0) is 57.4 Å². The molecule has 1 aliphatic rings. The lowest BCUT2D eigenvalue weighted by Crippen LogP contribution is -2.29. The molecule has 0 saturated carbocycles. The van der Waals surface area contributed by atoms with Crippen LogP contribution in [0.25, 0.3) is 11.1 Å². The van der Waals surface area contributed by atoms with Gasteiger partial charge in [0, 0.05) is 12.2 Å². The second-order valence-electron chi connectivity index (χ2n) is 6.60. The molecular formula is C20H24O3. The van der Waals surface area contributed by atoms with Crippen LogP contribution >= 0.6 is 0 Å². The third kappa shape index (κ3) is 2.93. The van der Waals surface area contributed by atoms with Gasteiger partial charge in [0.05, 0.1) is 12.2 Å². The van der Waals surface area contributed by atoms with Crippen molar-refractivity contribution in [2.75, 3.05) is 13.2 Å². The molecule has 0 atom stereocenters. The van der Waals surface area contributed by atoms with Gasteiger partial charge < -0.3 is 14.6 Å². The van der Waals surface area contributed by atoms with Crippen molar-refractivity contribution < 1.29 is 14.6 Å². The van der Waals surface area contributed by atoms with E-state index < -0.39 is 5.60 Å². The molecule has 0 unspecified atom stereocenters. The number of hydrogen-bond donors (Lipinski definition) is 1. The highest BCUT2D eigenvalue weighted by Gasteiger charge is 2.34. The van der Waals surface area contributed by atoms with E-state index in [2.05, 4.69) is 39.0 Å². The summed E-state index contributed by atoms with van der Waals surface area (Å²) in [5.41, 5.74) is 4.75. The first-order chi connectivity index (χ1) is 10.9. The van der Waals surface area contributed by atoms with Gasteiger partial charge in [0.1, 0.15) is 17.1 Å². The quantitative estimate of drug-likeness (QED) is 0.840. The van der Waals surface area contributed by atoms with E-state index in [1.807, 2.05) is 19.1 Å². The molecule has 1 N–H and O–H groups in total. The Morgan fingerprint density at radius 2 is 1.96 bits per heavy atom. The molecule has 1 aliphatic heterocycles. The molecule has 0 aliphatic carbocycles. The van der Waals surface area contributed by atoms with Gasteiger partial charge in [0.25, 0.3) is 0 Å². The van der Waals surface area contributed by atoms with Gasteiger partial charge >= 0.3 is 0 Å². The molecule has 0 amide bonds. The number of aryl methyl sites for hydroxylation is 1. The van der Waals surface area contributed by atoms with Crippen LogP contribution in [0.5, 0.6) is 11.5 Å². The van der Waals surface area contributed by atoms with Crippen LogP contribution in [0.3, 0.4) is 0 Å². The lowest BCUT2D eigenvalue weighted by Gasteiger charge is -2.35. The van der Waals surface area contributed by atoms with Crippen molar-refractivity contribution in [1.29, 1.82) is 0 Å². The molecule has 3 rings (SSSR count). The molecule has 2 aromatic rings. The molecular weight excluding hydrogens is 288 g/mol. The average molecular weight is 312 g/mol. The highest BCUT2D eigenvalue weighted by atomic mass is 16.5. The second kappa shape index (κ2) is 5.89. The van der Waals surface area contributed by atoms with Crippen molar-refractivity contribution >= 4 is 0 Å². The maximum atomic E-state index is 10.6.